The minimum absolute atomic E-state index is 0.0188. The molecule has 0 radical (unpaired) electrons. The Kier molecular flexibility index (Phi) is 3.47. The number of nitrogens with one attached hydrogen (secondary N) is 1. The van der Waals surface area contributed by atoms with Crippen molar-refractivity contribution in [3.63, 3.8) is 0 Å². The summed E-state index contributed by atoms with van der Waals surface area (Å²) in [5.41, 5.74) is 6.49. The van der Waals surface area contributed by atoms with Gasteiger partial charge in [-0.1, -0.05) is 0 Å². The van der Waals surface area contributed by atoms with E-state index in [9.17, 15) is 14.5 Å². The molecule has 0 atom stereocenters. The molecule has 0 aliphatic rings. The second-order valence-electron chi connectivity index (χ2n) is 4.21. The smallest absolute Gasteiger partial charge is 0.332 e. The fourth-order valence-corrected chi connectivity index (χ4v) is 1.79. The van der Waals surface area contributed by atoms with E-state index in [4.69, 9.17) is 5.73 Å². The minimum Gasteiger partial charge on any atom is -0.368 e. The Bertz CT molecular complexity index is 690. The van der Waals surface area contributed by atoms with Gasteiger partial charge in [-0.25, -0.2) is 9.37 Å². The van der Waals surface area contributed by atoms with Crippen LogP contribution < -0.4 is 11.1 Å². The molecule has 0 spiro atoms. The number of nitro groups is 1. The summed E-state index contributed by atoms with van der Waals surface area (Å²) in [7, 11) is 0. The summed E-state index contributed by atoms with van der Waals surface area (Å²) < 4.78 is 13.0. The Morgan fingerprint density at radius 3 is 2.65 bits per heavy atom. The van der Waals surface area contributed by atoms with Crippen molar-refractivity contribution >= 4 is 23.1 Å². The van der Waals surface area contributed by atoms with Crippen molar-refractivity contribution in [2.45, 2.75) is 13.8 Å². The highest BCUT2D eigenvalue weighted by molar-refractivity contribution is 5.69. The summed E-state index contributed by atoms with van der Waals surface area (Å²) in [5.74, 6) is -0.481. The van der Waals surface area contributed by atoms with E-state index in [1.165, 1.54) is 25.1 Å². The predicted octanol–water partition coefficient (Wildman–Crippen LogP) is 2.47. The van der Waals surface area contributed by atoms with E-state index in [1.54, 1.807) is 6.92 Å². The van der Waals surface area contributed by atoms with Gasteiger partial charge in [0, 0.05) is 5.69 Å². The van der Waals surface area contributed by atoms with Gasteiger partial charge in [-0.15, -0.1) is 0 Å². The standard InChI is InChI=1S/C12H12FN5O2/c1-6-5-8(13)3-4-9(6)16-11-10(18(19)20)7(2)15-12(14)17-11/h3-5H,1-2H3,(H3,14,15,16,17). The third kappa shape index (κ3) is 2.63. The number of nitrogens with zero attached hydrogens (tertiary/aromatic N) is 3. The maximum Gasteiger partial charge on any atom is 0.332 e. The average molecular weight is 277 g/mol. The molecular formula is C12H12FN5O2. The number of aromatic nitrogens is 2. The molecular weight excluding hydrogens is 265 g/mol. The van der Waals surface area contributed by atoms with Gasteiger partial charge in [-0.3, -0.25) is 10.1 Å². The number of hydrogen-bond acceptors (Lipinski definition) is 6. The maximum atomic E-state index is 13.0. The number of nitrogens with two attached hydrogens (primary N) is 1. The van der Waals surface area contributed by atoms with Gasteiger partial charge in [0.2, 0.25) is 11.8 Å². The van der Waals surface area contributed by atoms with Crippen LogP contribution in [0.5, 0.6) is 0 Å². The molecule has 0 saturated heterocycles. The molecule has 104 valence electrons. The SMILES string of the molecule is Cc1cc(F)ccc1Nc1nc(N)nc(C)c1[N+](=O)[O-]. The highest BCUT2D eigenvalue weighted by atomic mass is 19.1. The molecule has 1 aromatic heterocycles. The Balaban J connectivity index is 2.50. The van der Waals surface area contributed by atoms with Crippen molar-refractivity contribution < 1.29 is 9.31 Å². The summed E-state index contributed by atoms with van der Waals surface area (Å²) in [5, 5.41) is 13.9. The molecule has 2 rings (SSSR count). The second kappa shape index (κ2) is 5.08. The first kappa shape index (κ1) is 13.7. The molecule has 1 aromatic carbocycles. The predicted molar refractivity (Wildman–Crippen MR) is 72.3 cm³/mol. The third-order valence-electron chi connectivity index (χ3n) is 2.70. The molecule has 7 nitrogen and oxygen atoms in total. The van der Waals surface area contributed by atoms with E-state index in [-0.39, 0.29) is 29.0 Å². The van der Waals surface area contributed by atoms with Gasteiger partial charge >= 0.3 is 5.69 Å². The van der Waals surface area contributed by atoms with Crippen LogP contribution in [0.3, 0.4) is 0 Å². The van der Waals surface area contributed by atoms with E-state index in [0.29, 0.717) is 11.3 Å². The lowest BCUT2D eigenvalue weighted by atomic mass is 10.2. The largest absolute Gasteiger partial charge is 0.368 e. The van der Waals surface area contributed by atoms with Crippen molar-refractivity contribution in [3.05, 3.63) is 45.4 Å². The number of aryl methyl sites for hydroxylation is 2. The Labute approximate surface area is 113 Å². The minimum atomic E-state index is -0.587. The number of anilines is 3. The molecule has 0 unspecified atom stereocenters. The molecule has 0 bridgehead atoms. The summed E-state index contributed by atoms with van der Waals surface area (Å²) in [6, 6.07) is 4.03. The Morgan fingerprint density at radius 2 is 2.05 bits per heavy atom. The lowest BCUT2D eigenvalue weighted by Crippen LogP contribution is -2.07. The molecule has 0 aliphatic carbocycles. The fraction of sp³-hybridized carbons (Fsp3) is 0.167. The summed E-state index contributed by atoms with van der Waals surface area (Å²) >= 11 is 0. The number of nitrogen functional groups attached to an aromatic ring is 1. The van der Waals surface area contributed by atoms with Crippen LogP contribution in [0.2, 0.25) is 0 Å². The van der Waals surface area contributed by atoms with Gasteiger partial charge in [-0.2, -0.15) is 4.98 Å². The Hall–Kier alpha value is -2.77. The van der Waals surface area contributed by atoms with Gasteiger partial charge in [0.05, 0.1) is 4.92 Å². The van der Waals surface area contributed by atoms with Crippen molar-refractivity contribution in [1.82, 2.24) is 9.97 Å². The number of halogens is 1. The van der Waals surface area contributed by atoms with E-state index in [1.807, 2.05) is 0 Å². The number of hydrogen-bond donors (Lipinski definition) is 2. The highest BCUT2D eigenvalue weighted by Crippen LogP contribution is 2.29. The zero-order chi connectivity index (χ0) is 14.9. The first-order valence-electron chi connectivity index (χ1n) is 5.70. The third-order valence-corrected chi connectivity index (χ3v) is 2.70. The molecule has 0 saturated carbocycles. The van der Waals surface area contributed by atoms with Gasteiger partial charge in [-0.05, 0) is 37.6 Å². The van der Waals surface area contributed by atoms with Crippen LogP contribution in [0.25, 0.3) is 0 Å². The lowest BCUT2D eigenvalue weighted by Gasteiger charge is -2.10. The zero-order valence-electron chi connectivity index (χ0n) is 10.8. The molecule has 3 N–H and O–H groups in total. The van der Waals surface area contributed by atoms with Gasteiger partial charge in [0.15, 0.2) is 0 Å². The van der Waals surface area contributed by atoms with Crippen LogP contribution in [0.4, 0.5) is 27.5 Å². The lowest BCUT2D eigenvalue weighted by molar-refractivity contribution is -0.385. The molecule has 0 aliphatic heterocycles. The van der Waals surface area contributed by atoms with Crippen molar-refractivity contribution in [3.8, 4) is 0 Å². The first-order valence-corrected chi connectivity index (χ1v) is 5.70. The van der Waals surface area contributed by atoms with Crippen LogP contribution in [0.1, 0.15) is 11.3 Å². The Morgan fingerprint density at radius 1 is 1.35 bits per heavy atom. The van der Waals surface area contributed by atoms with Crippen LogP contribution in [0.15, 0.2) is 18.2 Å². The van der Waals surface area contributed by atoms with E-state index in [2.05, 4.69) is 15.3 Å². The molecule has 20 heavy (non-hydrogen) atoms. The molecule has 8 heteroatoms. The maximum absolute atomic E-state index is 13.0. The average Bonchev–Trinajstić information content (AvgIpc) is 2.31. The van der Waals surface area contributed by atoms with Crippen LogP contribution >= 0.6 is 0 Å². The number of rotatable bonds is 3. The van der Waals surface area contributed by atoms with E-state index < -0.39 is 4.92 Å². The van der Waals surface area contributed by atoms with E-state index >= 15 is 0 Å². The van der Waals surface area contributed by atoms with Gasteiger partial charge < -0.3 is 11.1 Å². The number of benzene rings is 1. The fourth-order valence-electron chi connectivity index (χ4n) is 1.79. The quantitative estimate of drug-likeness (QED) is 0.659. The molecule has 0 fully saturated rings. The molecule has 1 heterocycles. The normalized spacial score (nSPS) is 10.3. The van der Waals surface area contributed by atoms with Gasteiger partial charge in [0.1, 0.15) is 11.5 Å². The second-order valence-corrected chi connectivity index (χ2v) is 4.21. The summed E-state index contributed by atoms with van der Waals surface area (Å²) in [4.78, 5) is 18.1. The van der Waals surface area contributed by atoms with Crippen molar-refractivity contribution in [2.75, 3.05) is 11.1 Å². The highest BCUT2D eigenvalue weighted by Gasteiger charge is 2.22. The topological polar surface area (TPSA) is 107 Å². The van der Waals surface area contributed by atoms with Crippen molar-refractivity contribution in [2.24, 2.45) is 0 Å². The first-order chi connectivity index (χ1) is 9.38. The van der Waals surface area contributed by atoms with Gasteiger partial charge in [0.25, 0.3) is 0 Å². The monoisotopic (exact) mass is 277 g/mol. The van der Waals surface area contributed by atoms with Crippen molar-refractivity contribution in [1.29, 1.82) is 0 Å². The molecule has 2 aromatic rings. The summed E-state index contributed by atoms with van der Waals surface area (Å²) in [6.07, 6.45) is 0. The summed E-state index contributed by atoms with van der Waals surface area (Å²) in [6.45, 7) is 3.15. The van der Waals surface area contributed by atoms with Crippen LogP contribution in [-0.2, 0) is 0 Å². The zero-order valence-corrected chi connectivity index (χ0v) is 10.8. The van der Waals surface area contributed by atoms with E-state index in [0.717, 1.165) is 0 Å². The molecule has 0 amide bonds. The van der Waals surface area contributed by atoms with Crippen LogP contribution in [0, 0.1) is 29.8 Å². The van der Waals surface area contributed by atoms with Crippen LogP contribution in [-0.4, -0.2) is 14.9 Å².